The number of carbonyl (C=O) groups is 3. The summed E-state index contributed by atoms with van der Waals surface area (Å²) in [6.45, 7) is 1.89. The number of para-hydroxylation sites is 1. The maximum atomic E-state index is 12.5. The largest absolute Gasteiger partial charge is 0.457 e. The molecule has 33 heavy (non-hydrogen) atoms. The molecule has 2 unspecified atom stereocenters. The van der Waals surface area contributed by atoms with Gasteiger partial charge < -0.3 is 15.8 Å². The minimum atomic E-state index is -0.546. The molecular weight excluding hydrogens is 424 g/mol. The van der Waals surface area contributed by atoms with Gasteiger partial charge in [-0.3, -0.25) is 19.3 Å². The quantitative estimate of drug-likeness (QED) is 0.456. The number of ether oxygens (including phenoxy) is 1. The first-order valence-corrected chi connectivity index (χ1v) is 11.3. The summed E-state index contributed by atoms with van der Waals surface area (Å²) in [6, 6.07) is 7.77. The summed E-state index contributed by atoms with van der Waals surface area (Å²) in [4.78, 5) is 50.9. The van der Waals surface area contributed by atoms with Crippen LogP contribution in [0.3, 0.4) is 0 Å². The first-order chi connectivity index (χ1) is 16.0. The Balaban J connectivity index is 1.32. The van der Waals surface area contributed by atoms with E-state index in [1.54, 1.807) is 0 Å². The summed E-state index contributed by atoms with van der Waals surface area (Å²) < 4.78 is 5.26. The monoisotopic (exact) mass is 452 g/mol. The normalized spacial score (nSPS) is 20.0. The van der Waals surface area contributed by atoms with Gasteiger partial charge >= 0.3 is 5.97 Å². The number of nitrogens with zero attached hydrogens (tertiary/aromatic N) is 4. The van der Waals surface area contributed by atoms with E-state index in [0.29, 0.717) is 0 Å². The van der Waals surface area contributed by atoms with E-state index in [-0.39, 0.29) is 60.9 Å². The minimum absolute atomic E-state index is 0.00314. The highest BCUT2D eigenvalue weighted by molar-refractivity contribution is 6.05. The second-order valence-corrected chi connectivity index (χ2v) is 8.31. The number of anilines is 3. The van der Waals surface area contributed by atoms with Crippen molar-refractivity contribution in [2.45, 2.75) is 52.1 Å². The van der Waals surface area contributed by atoms with Gasteiger partial charge in [0.05, 0.1) is 18.3 Å². The van der Waals surface area contributed by atoms with Gasteiger partial charge in [-0.2, -0.15) is 15.0 Å². The van der Waals surface area contributed by atoms with Crippen LogP contribution in [0.15, 0.2) is 24.3 Å². The van der Waals surface area contributed by atoms with E-state index in [9.17, 15) is 14.4 Å². The molecule has 1 aromatic carbocycles. The third kappa shape index (κ3) is 5.10. The number of benzene rings is 1. The number of aromatic nitrogens is 3. The zero-order chi connectivity index (χ0) is 23.4. The molecule has 0 radical (unpaired) electrons. The molecular formula is C23H28N6O4. The standard InChI is InChI=1S/C23H28N6O4/c1-2-14-7-3-6-10-17(14)25-23-27-18(26-22(24)28-23)13-33-19(30)11-12-29-20(31)15-8-4-5-9-16(15)21(29)32/h3,6-7,10,15-16H,2,4-5,8-9,11-13H2,1H3,(H3,24,25,26,27,28). The molecule has 2 fully saturated rings. The summed E-state index contributed by atoms with van der Waals surface area (Å²) in [5.41, 5.74) is 7.74. The number of nitrogens with one attached hydrogen (secondary N) is 1. The van der Waals surface area contributed by atoms with Gasteiger partial charge in [0, 0.05) is 12.2 Å². The van der Waals surface area contributed by atoms with E-state index in [1.807, 2.05) is 31.2 Å². The smallest absolute Gasteiger partial charge is 0.308 e. The van der Waals surface area contributed by atoms with E-state index in [1.165, 1.54) is 4.90 Å². The molecule has 4 rings (SSSR count). The van der Waals surface area contributed by atoms with Gasteiger partial charge in [-0.15, -0.1) is 0 Å². The Labute approximate surface area is 191 Å². The molecule has 1 aromatic heterocycles. The third-order valence-corrected chi connectivity index (χ3v) is 6.18. The van der Waals surface area contributed by atoms with E-state index < -0.39 is 5.97 Å². The van der Waals surface area contributed by atoms with Gasteiger partial charge in [0.25, 0.3) is 0 Å². The summed E-state index contributed by atoms with van der Waals surface area (Å²) in [5, 5.41) is 3.12. The highest BCUT2D eigenvalue weighted by Crippen LogP contribution is 2.38. The summed E-state index contributed by atoms with van der Waals surface area (Å²) >= 11 is 0. The average molecular weight is 453 g/mol. The molecule has 0 spiro atoms. The lowest BCUT2D eigenvalue weighted by molar-refractivity contribution is -0.147. The number of likely N-dealkylation sites (tertiary alicyclic amines) is 1. The van der Waals surface area contributed by atoms with Crippen LogP contribution < -0.4 is 11.1 Å². The first kappa shape index (κ1) is 22.6. The van der Waals surface area contributed by atoms with Crippen LogP contribution in [0.25, 0.3) is 0 Å². The fraction of sp³-hybridized carbons (Fsp3) is 0.478. The van der Waals surface area contributed by atoms with Gasteiger partial charge in [0.2, 0.25) is 23.7 Å². The Kier molecular flexibility index (Phi) is 6.81. The van der Waals surface area contributed by atoms with Crippen molar-refractivity contribution in [2.24, 2.45) is 11.8 Å². The number of fused-ring (bicyclic) bond motifs is 1. The van der Waals surface area contributed by atoms with Crippen LogP contribution in [0, 0.1) is 11.8 Å². The van der Waals surface area contributed by atoms with Crippen LogP contribution in [0.4, 0.5) is 17.6 Å². The maximum absolute atomic E-state index is 12.5. The van der Waals surface area contributed by atoms with Gasteiger partial charge in [-0.1, -0.05) is 38.0 Å². The van der Waals surface area contributed by atoms with Crippen molar-refractivity contribution in [3.8, 4) is 0 Å². The number of imide groups is 1. The van der Waals surface area contributed by atoms with Crippen molar-refractivity contribution in [3.63, 3.8) is 0 Å². The maximum Gasteiger partial charge on any atom is 0.308 e. The number of hydrogen-bond donors (Lipinski definition) is 2. The molecule has 3 N–H and O–H groups in total. The second-order valence-electron chi connectivity index (χ2n) is 8.31. The van der Waals surface area contributed by atoms with Gasteiger partial charge in [0.15, 0.2) is 12.4 Å². The number of nitrogen functional groups attached to an aromatic ring is 1. The van der Waals surface area contributed by atoms with Crippen LogP contribution in [0.2, 0.25) is 0 Å². The van der Waals surface area contributed by atoms with Crippen molar-refractivity contribution in [3.05, 3.63) is 35.7 Å². The number of aryl methyl sites for hydroxylation is 1. The third-order valence-electron chi connectivity index (χ3n) is 6.18. The molecule has 10 nitrogen and oxygen atoms in total. The van der Waals surface area contributed by atoms with Crippen LogP contribution in [-0.2, 0) is 32.1 Å². The highest BCUT2D eigenvalue weighted by Gasteiger charge is 2.47. The van der Waals surface area contributed by atoms with Crippen LogP contribution in [-0.4, -0.2) is 44.2 Å². The summed E-state index contributed by atoms with van der Waals surface area (Å²) in [5.74, 6) is -0.856. The predicted octanol–water partition coefficient (Wildman–Crippen LogP) is 2.37. The fourth-order valence-electron chi connectivity index (χ4n) is 4.50. The summed E-state index contributed by atoms with van der Waals surface area (Å²) in [7, 11) is 0. The van der Waals surface area contributed by atoms with E-state index >= 15 is 0 Å². The van der Waals surface area contributed by atoms with Crippen LogP contribution >= 0.6 is 0 Å². The number of carbonyl (C=O) groups excluding carboxylic acids is 3. The number of nitrogens with two attached hydrogens (primary N) is 1. The minimum Gasteiger partial charge on any atom is -0.457 e. The molecule has 2 heterocycles. The first-order valence-electron chi connectivity index (χ1n) is 11.3. The SMILES string of the molecule is CCc1ccccc1Nc1nc(N)nc(COC(=O)CCN2C(=O)C3CCCCC3C2=O)n1. The lowest BCUT2D eigenvalue weighted by atomic mass is 9.81. The molecule has 2 atom stereocenters. The zero-order valence-electron chi connectivity index (χ0n) is 18.6. The topological polar surface area (TPSA) is 140 Å². The van der Waals surface area contributed by atoms with Crippen LogP contribution in [0.1, 0.15) is 50.4 Å². The fourth-order valence-corrected chi connectivity index (χ4v) is 4.50. The molecule has 10 heteroatoms. The zero-order valence-corrected chi connectivity index (χ0v) is 18.6. The van der Waals surface area contributed by atoms with Crippen molar-refractivity contribution < 1.29 is 19.1 Å². The Morgan fingerprint density at radius 2 is 1.82 bits per heavy atom. The Hall–Kier alpha value is -3.56. The van der Waals surface area contributed by atoms with Crippen molar-refractivity contribution >= 4 is 35.4 Å². The van der Waals surface area contributed by atoms with Crippen molar-refractivity contribution in [1.29, 1.82) is 0 Å². The van der Waals surface area contributed by atoms with Gasteiger partial charge in [0.1, 0.15) is 0 Å². The Morgan fingerprint density at radius 3 is 2.52 bits per heavy atom. The molecule has 1 aliphatic carbocycles. The summed E-state index contributed by atoms with van der Waals surface area (Å²) in [6.07, 6.45) is 4.17. The highest BCUT2D eigenvalue weighted by atomic mass is 16.5. The number of hydrogen-bond acceptors (Lipinski definition) is 9. The van der Waals surface area contributed by atoms with Crippen molar-refractivity contribution in [2.75, 3.05) is 17.6 Å². The van der Waals surface area contributed by atoms with E-state index in [0.717, 1.165) is 43.4 Å². The van der Waals surface area contributed by atoms with E-state index in [2.05, 4.69) is 20.3 Å². The van der Waals surface area contributed by atoms with Crippen LogP contribution in [0.5, 0.6) is 0 Å². The molecule has 2 amide bonds. The van der Waals surface area contributed by atoms with Gasteiger partial charge in [-0.05, 0) is 30.9 Å². The average Bonchev–Trinajstić information content (AvgIpc) is 3.06. The molecule has 174 valence electrons. The number of esters is 1. The number of amides is 2. The Bertz CT molecular complexity index is 1030. The lowest BCUT2D eigenvalue weighted by Gasteiger charge is -2.19. The van der Waals surface area contributed by atoms with Crippen molar-refractivity contribution in [1.82, 2.24) is 19.9 Å². The molecule has 1 aliphatic heterocycles. The molecule has 1 saturated carbocycles. The molecule has 1 saturated heterocycles. The second kappa shape index (κ2) is 9.93. The molecule has 0 bridgehead atoms. The van der Waals surface area contributed by atoms with Gasteiger partial charge in [-0.25, -0.2) is 0 Å². The molecule has 2 aromatic rings. The Morgan fingerprint density at radius 1 is 1.12 bits per heavy atom. The van der Waals surface area contributed by atoms with E-state index in [4.69, 9.17) is 10.5 Å². The predicted molar refractivity (Wildman–Crippen MR) is 120 cm³/mol. The lowest BCUT2D eigenvalue weighted by Crippen LogP contribution is -2.33. The number of rotatable bonds is 8. The molecule has 2 aliphatic rings.